The predicted molar refractivity (Wildman–Crippen MR) is 143 cm³/mol. The number of amides is 1. The van der Waals surface area contributed by atoms with E-state index < -0.39 is 0 Å². The van der Waals surface area contributed by atoms with Crippen LogP contribution in [-0.4, -0.2) is 69.6 Å². The summed E-state index contributed by atoms with van der Waals surface area (Å²) < 4.78 is 1.87. The minimum Gasteiger partial charge on any atom is -0.395 e. The summed E-state index contributed by atoms with van der Waals surface area (Å²) in [6.07, 6.45) is 4.71. The predicted octanol–water partition coefficient (Wildman–Crippen LogP) is 3.38. The van der Waals surface area contributed by atoms with E-state index in [1.807, 2.05) is 34.7 Å². The van der Waals surface area contributed by atoms with Crippen LogP contribution in [0, 0.1) is 0 Å². The first-order valence-electron chi connectivity index (χ1n) is 11.9. The minimum absolute atomic E-state index is 0.210. The Kier molecular flexibility index (Phi) is 6.92. The number of nitrogens with zero attached hydrogens (tertiary/aromatic N) is 5. The molecule has 4 aromatic rings. The molecule has 1 aliphatic heterocycles. The van der Waals surface area contributed by atoms with Crippen molar-refractivity contribution >= 4 is 34.3 Å². The van der Waals surface area contributed by atoms with Gasteiger partial charge in [-0.1, -0.05) is 18.7 Å². The van der Waals surface area contributed by atoms with Gasteiger partial charge in [0.05, 0.1) is 17.8 Å². The second-order valence-electron chi connectivity index (χ2n) is 8.66. The molecule has 0 saturated carbocycles. The van der Waals surface area contributed by atoms with Gasteiger partial charge in [-0.25, -0.2) is 9.97 Å². The zero-order valence-corrected chi connectivity index (χ0v) is 20.0. The van der Waals surface area contributed by atoms with Crippen LogP contribution in [0.1, 0.15) is 0 Å². The zero-order chi connectivity index (χ0) is 24.9. The molecule has 9 nitrogen and oxygen atoms in total. The Bertz CT molecular complexity index is 1360. The molecule has 9 heteroatoms. The fourth-order valence-electron chi connectivity index (χ4n) is 4.40. The fraction of sp³-hybridized carbons (Fsp3) is 0.222. The SMILES string of the molecule is C=CC(=O)Nc1cccc(-c2ncn3cnc(Nc4ccc(N5CCN(CCO)CC5)cc4)cc23)c1. The molecule has 3 N–H and O–H groups in total. The highest BCUT2D eigenvalue weighted by molar-refractivity contribution is 5.99. The summed E-state index contributed by atoms with van der Waals surface area (Å²) >= 11 is 0. The van der Waals surface area contributed by atoms with Gasteiger partial charge in [0.1, 0.15) is 18.5 Å². The van der Waals surface area contributed by atoms with Crippen molar-refractivity contribution in [3.63, 3.8) is 0 Å². The topological polar surface area (TPSA) is 98.0 Å². The standard InChI is InChI=1S/C27H29N7O2/c1-2-26(36)31-22-5-3-4-20(16-22)27-24-17-25(28-18-34(24)19-29-27)30-21-6-8-23(9-7-21)33-12-10-32(11-13-33)14-15-35/h2-9,16-19,30,35H,1,10-15H2,(H,31,36). The van der Waals surface area contributed by atoms with E-state index in [4.69, 9.17) is 5.11 Å². The Labute approximate surface area is 209 Å². The number of aliphatic hydroxyl groups excluding tert-OH is 1. The average molecular weight is 484 g/mol. The molecule has 2 aromatic heterocycles. The Morgan fingerprint density at radius 1 is 1.00 bits per heavy atom. The van der Waals surface area contributed by atoms with Gasteiger partial charge in [-0.3, -0.25) is 14.1 Å². The first kappa shape index (κ1) is 23.5. The maximum absolute atomic E-state index is 11.7. The summed E-state index contributed by atoms with van der Waals surface area (Å²) in [5.41, 5.74) is 5.41. The van der Waals surface area contributed by atoms with E-state index >= 15 is 0 Å². The van der Waals surface area contributed by atoms with Crippen LogP contribution in [0.5, 0.6) is 0 Å². The normalized spacial score (nSPS) is 14.1. The van der Waals surface area contributed by atoms with Gasteiger partial charge in [0.2, 0.25) is 5.91 Å². The van der Waals surface area contributed by atoms with Crippen molar-refractivity contribution in [2.75, 3.05) is 54.9 Å². The van der Waals surface area contributed by atoms with Crippen LogP contribution in [0.3, 0.4) is 0 Å². The molecule has 1 amide bonds. The van der Waals surface area contributed by atoms with Crippen molar-refractivity contribution in [3.8, 4) is 11.3 Å². The molecular weight excluding hydrogens is 454 g/mol. The largest absolute Gasteiger partial charge is 0.395 e. The lowest BCUT2D eigenvalue weighted by atomic mass is 10.1. The monoisotopic (exact) mass is 483 g/mol. The summed E-state index contributed by atoms with van der Waals surface area (Å²) in [5, 5.41) is 15.3. The molecule has 0 aliphatic carbocycles. The quantitative estimate of drug-likeness (QED) is 0.331. The van der Waals surface area contributed by atoms with Crippen molar-refractivity contribution < 1.29 is 9.90 Å². The van der Waals surface area contributed by atoms with E-state index in [-0.39, 0.29) is 12.5 Å². The molecule has 0 radical (unpaired) electrons. The maximum atomic E-state index is 11.7. The van der Waals surface area contributed by atoms with Gasteiger partial charge in [-0.2, -0.15) is 0 Å². The summed E-state index contributed by atoms with van der Waals surface area (Å²) in [6.45, 7) is 8.27. The number of piperazine rings is 1. The number of β-amino-alcohol motifs (C(OH)–C–C–N with tert-alkyl or cyclic N) is 1. The van der Waals surface area contributed by atoms with E-state index in [2.05, 4.69) is 61.2 Å². The number of hydrogen-bond acceptors (Lipinski definition) is 7. The number of aliphatic hydroxyl groups is 1. The number of aromatic nitrogens is 3. The number of carbonyl (C=O) groups is 1. The molecule has 1 fully saturated rings. The van der Waals surface area contributed by atoms with E-state index in [0.29, 0.717) is 11.5 Å². The van der Waals surface area contributed by atoms with Crippen LogP contribution >= 0.6 is 0 Å². The lowest BCUT2D eigenvalue weighted by Crippen LogP contribution is -2.47. The highest BCUT2D eigenvalue weighted by atomic mass is 16.3. The summed E-state index contributed by atoms with van der Waals surface area (Å²) in [4.78, 5) is 25.4. The second kappa shape index (κ2) is 10.6. The van der Waals surface area contributed by atoms with Gasteiger partial charge in [-0.15, -0.1) is 0 Å². The van der Waals surface area contributed by atoms with Crippen LogP contribution in [0.15, 0.2) is 79.9 Å². The van der Waals surface area contributed by atoms with Crippen LogP contribution in [0.4, 0.5) is 22.9 Å². The van der Waals surface area contributed by atoms with Crippen molar-refractivity contribution in [1.29, 1.82) is 0 Å². The highest BCUT2D eigenvalue weighted by Gasteiger charge is 2.16. The van der Waals surface area contributed by atoms with Crippen LogP contribution < -0.4 is 15.5 Å². The summed E-state index contributed by atoms with van der Waals surface area (Å²) in [5.74, 6) is 0.457. The maximum Gasteiger partial charge on any atom is 0.247 e. The molecule has 0 bridgehead atoms. The Morgan fingerprint density at radius 3 is 2.53 bits per heavy atom. The van der Waals surface area contributed by atoms with Crippen LogP contribution in [0.25, 0.3) is 16.8 Å². The molecule has 184 valence electrons. The lowest BCUT2D eigenvalue weighted by molar-refractivity contribution is -0.111. The fourth-order valence-corrected chi connectivity index (χ4v) is 4.40. The minimum atomic E-state index is -0.257. The third kappa shape index (κ3) is 5.22. The smallest absolute Gasteiger partial charge is 0.247 e. The number of benzene rings is 2. The molecule has 36 heavy (non-hydrogen) atoms. The van der Waals surface area contributed by atoms with Gasteiger partial charge >= 0.3 is 0 Å². The van der Waals surface area contributed by atoms with Gasteiger partial charge in [0, 0.05) is 61.4 Å². The molecule has 2 aromatic carbocycles. The highest BCUT2D eigenvalue weighted by Crippen LogP contribution is 2.28. The summed E-state index contributed by atoms with van der Waals surface area (Å²) in [6, 6.07) is 17.9. The number of nitrogens with one attached hydrogen (secondary N) is 2. The number of carbonyl (C=O) groups excluding carboxylic acids is 1. The van der Waals surface area contributed by atoms with Crippen molar-refractivity contribution in [1.82, 2.24) is 19.3 Å². The van der Waals surface area contributed by atoms with E-state index in [0.717, 1.165) is 55.2 Å². The Hall–Kier alpha value is -4.21. The van der Waals surface area contributed by atoms with Gasteiger partial charge < -0.3 is 20.6 Å². The van der Waals surface area contributed by atoms with Gasteiger partial charge in [0.15, 0.2) is 0 Å². The first-order chi connectivity index (χ1) is 17.6. The number of fused-ring (bicyclic) bond motifs is 1. The van der Waals surface area contributed by atoms with E-state index in [1.165, 1.54) is 11.8 Å². The number of hydrogen-bond donors (Lipinski definition) is 3. The number of anilines is 4. The molecule has 1 saturated heterocycles. The lowest BCUT2D eigenvalue weighted by Gasteiger charge is -2.35. The van der Waals surface area contributed by atoms with Crippen LogP contribution in [-0.2, 0) is 4.79 Å². The van der Waals surface area contributed by atoms with Gasteiger partial charge in [-0.05, 0) is 42.5 Å². The number of imidazole rings is 1. The number of rotatable bonds is 8. The molecule has 3 heterocycles. The average Bonchev–Trinajstić information content (AvgIpc) is 3.33. The van der Waals surface area contributed by atoms with Crippen molar-refractivity contribution in [3.05, 3.63) is 79.9 Å². The molecule has 1 aliphatic rings. The molecular formula is C27H29N7O2. The van der Waals surface area contributed by atoms with Gasteiger partial charge in [0.25, 0.3) is 0 Å². The van der Waals surface area contributed by atoms with Crippen LogP contribution in [0.2, 0.25) is 0 Å². The van der Waals surface area contributed by atoms with E-state index in [1.54, 1.807) is 12.7 Å². The second-order valence-corrected chi connectivity index (χ2v) is 8.66. The van der Waals surface area contributed by atoms with Crippen molar-refractivity contribution in [2.24, 2.45) is 0 Å². The molecule has 0 unspecified atom stereocenters. The van der Waals surface area contributed by atoms with E-state index in [9.17, 15) is 4.79 Å². The van der Waals surface area contributed by atoms with Crippen molar-refractivity contribution in [2.45, 2.75) is 0 Å². The summed E-state index contributed by atoms with van der Waals surface area (Å²) in [7, 11) is 0. The Morgan fingerprint density at radius 2 is 1.78 bits per heavy atom. The molecule has 5 rings (SSSR count). The first-order valence-corrected chi connectivity index (χ1v) is 11.9. The Balaban J connectivity index is 1.31. The third-order valence-corrected chi connectivity index (χ3v) is 6.31. The third-order valence-electron chi connectivity index (χ3n) is 6.31. The molecule has 0 spiro atoms. The zero-order valence-electron chi connectivity index (χ0n) is 20.0. The molecule has 0 atom stereocenters.